The van der Waals surface area contributed by atoms with E-state index in [0.717, 1.165) is 28.4 Å². The third-order valence-electron chi connectivity index (χ3n) is 3.62. The molecule has 2 aromatic rings. The Kier molecular flexibility index (Phi) is 9.35. The maximum Gasteiger partial charge on any atom is 0.191 e. The van der Waals surface area contributed by atoms with Gasteiger partial charge in [0.2, 0.25) is 0 Å². The third-order valence-corrected chi connectivity index (χ3v) is 6.16. The largest absolute Gasteiger partial charge is 0.356 e. The van der Waals surface area contributed by atoms with Crippen LogP contribution in [0.4, 0.5) is 0 Å². The minimum absolute atomic E-state index is 0. The van der Waals surface area contributed by atoms with Crippen molar-refractivity contribution in [3.63, 3.8) is 0 Å². The number of hydrogen-bond acceptors (Lipinski definition) is 4. The Hall–Kier alpha value is -0.840. The van der Waals surface area contributed by atoms with Crippen molar-refractivity contribution in [2.24, 2.45) is 4.99 Å². The van der Waals surface area contributed by atoms with Gasteiger partial charge in [-0.15, -0.1) is 35.3 Å². The van der Waals surface area contributed by atoms with E-state index in [1.54, 1.807) is 31.4 Å². The van der Waals surface area contributed by atoms with Crippen LogP contribution in [-0.2, 0) is 22.8 Å². The van der Waals surface area contributed by atoms with E-state index < -0.39 is 9.84 Å². The van der Waals surface area contributed by atoms with Crippen LogP contribution in [0.3, 0.4) is 0 Å². The lowest BCUT2D eigenvalue weighted by Gasteiger charge is -2.12. The lowest BCUT2D eigenvalue weighted by Crippen LogP contribution is -2.37. The first-order chi connectivity index (χ1) is 11.8. The van der Waals surface area contributed by atoms with E-state index in [2.05, 4.69) is 15.6 Å². The Balaban J connectivity index is 0.00000338. The number of halogens is 2. The molecule has 2 rings (SSSR count). The van der Waals surface area contributed by atoms with Gasteiger partial charge in [0.15, 0.2) is 15.8 Å². The summed E-state index contributed by atoms with van der Waals surface area (Å²) >= 11 is 7.50. The minimum Gasteiger partial charge on any atom is -0.356 e. The van der Waals surface area contributed by atoms with Gasteiger partial charge in [-0.3, -0.25) is 4.99 Å². The summed E-state index contributed by atoms with van der Waals surface area (Å²) in [5.41, 5.74) is 1.75. The minimum atomic E-state index is -3.19. The molecular weight excluding hydrogens is 505 g/mol. The van der Waals surface area contributed by atoms with Crippen LogP contribution < -0.4 is 10.6 Å². The van der Waals surface area contributed by atoms with Gasteiger partial charge in [0.1, 0.15) is 0 Å². The number of aliphatic imine (C=N–C) groups is 1. The van der Waals surface area contributed by atoms with Gasteiger partial charge in [-0.2, -0.15) is 0 Å². The van der Waals surface area contributed by atoms with Crippen molar-refractivity contribution in [3.8, 4) is 0 Å². The molecule has 0 aliphatic heterocycles. The third kappa shape index (κ3) is 7.05. The number of nitrogens with one attached hydrogen (secondary N) is 2. The first-order valence-electron chi connectivity index (χ1n) is 7.78. The molecule has 26 heavy (non-hydrogen) atoms. The van der Waals surface area contributed by atoms with Crippen LogP contribution in [0, 0.1) is 6.92 Å². The number of hydrogen-bond donors (Lipinski definition) is 2. The molecule has 0 fully saturated rings. The summed E-state index contributed by atoms with van der Waals surface area (Å²) in [6.07, 6.45) is 2.10. The first kappa shape index (κ1) is 23.2. The van der Waals surface area contributed by atoms with Crippen LogP contribution in [0.25, 0.3) is 0 Å². The van der Waals surface area contributed by atoms with E-state index in [0.29, 0.717) is 17.4 Å². The smallest absolute Gasteiger partial charge is 0.191 e. The molecule has 1 aromatic carbocycles. The molecule has 0 aliphatic rings. The maximum absolute atomic E-state index is 11.7. The molecule has 1 heterocycles. The summed E-state index contributed by atoms with van der Waals surface area (Å²) in [6.45, 7) is 3.12. The normalized spacial score (nSPS) is 11.8. The Morgan fingerprint density at radius 1 is 1.23 bits per heavy atom. The monoisotopic (exact) mass is 527 g/mol. The highest BCUT2D eigenvalue weighted by molar-refractivity contribution is 14.0. The summed E-state index contributed by atoms with van der Waals surface area (Å²) in [6, 6.07) is 9.27. The fourth-order valence-electron chi connectivity index (χ4n) is 2.43. The lowest BCUT2D eigenvalue weighted by molar-refractivity contribution is 0.601. The zero-order chi connectivity index (χ0) is 18.4. The van der Waals surface area contributed by atoms with Crippen molar-refractivity contribution >= 4 is 62.7 Å². The Morgan fingerprint density at radius 2 is 1.96 bits per heavy atom. The van der Waals surface area contributed by atoms with E-state index in [1.807, 2.05) is 24.3 Å². The number of thiophene rings is 1. The average molecular weight is 528 g/mol. The summed E-state index contributed by atoms with van der Waals surface area (Å²) in [7, 11) is -1.47. The number of guanidine groups is 1. The van der Waals surface area contributed by atoms with Crippen molar-refractivity contribution in [3.05, 3.63) is 50.7 Å². The molecule has 0 saturated carbocycles. The predicted octanol–water partition coefficient (Wildman–Crippen LogP) is 3.64. The molecular formula is C17H23ClIN3O2S2. The molecule has 0 spiro atoms. The van der Waals surface area contributed by atoms with E-state index >= 15 is 0 Å². The standard InChI is InChI=1S/C17H22ClN3O2S2.HI/c1-12-10-13(4-6-15(12)25(3,22)23)11-21-17(19-2)20-9-8-14-5-7-16(18)24-14;/h4-7,10H,8-9,11H2,1-3H3,(H2,19,20,21);1H. The van der Waals surface area contributed by atoms with Gasteiger partial charge in [-0.1, -0.05) is 23.7 Å². The number of nitrogens with zero attached hydrogens (tertiary/aromatic N) is 1. The molecule has 144 valence electrons. The molecule has 5 nitrogen and oxygen atoms in total. The van der Waals surface area contributed by atoms with Crippen LogP contribution in [0.5, 0.6) is 0 Å². The van der Waals surface area contributed by atoms with Gasteiger partial charge in [-0.25, -0.2) is 8.42 Å². The van der Waals surface area contributed by atoms with Crippen molar-refractivity contribution in [1.82, 2.24) is 10.6 Å². The van der Waals surface area contributed by atoms with Gasteiger partial charge >= 0.3 is 0 Å². The van der Waals surface area contributed by atoms with Gasteiger partial charge in [0, 0.05) is 31.3 Å². The summed E-state index contributed by atoms with van der Waals surface area (Å²) < 4.78 is 24.1. The second-order valence-electron chi connectivity index (χ2n) is 5.68. The molecule has 0 radical (unpaired) electrons. The Labute approximate surface area is 181 Å². The summed E-state index contributed by atoms with van der Waals surface area (Å²) in [5.74, 6) is 0.701. The van der Waals surface area contributed by atoms with E-state index in [4.69, 9.17) is 11.6 Å². The average Bonchev–Trinajstić information content (AvgIpc) is 2.95. The molecule has 0 unspecified atom stereocenters. The number of aryl methyl sites for hydroxylation is 1. The molecule has 0 saturated heterocycles. The van der Waals surface area contributed by atoms with Crippen molar-refractivity contribution < 1.29 is 8.42 Å². The Bertz CT molecular complexity index is 867. The second kappa shape index (κ2) is 10.5. The van der Waals surface area contributed by atoms with Gasteiger partial charge in [0.25, 0.3) is 0 Å². The van der Waals surface area contributed by atoms with E-state index in [-0.39, 0.29) is 24.0 Å². The highest BCUT2D eigenvalue weighted by Gasteiger charge is 2.11. The zero-order valence-corrected chi connectivity index (χ0v) is 19.6. The van der Waals surface area contributed by atoms with Gasteiger partial charge in [0.05, 0.1) is 9.23 Å². The van der Waals surface area contributed by atoms with E-state index in [9.17, 15) is 8.42 Å². The van der Waals surface area contributed by atoms with E-state index in [1.165, 1.54) is 11.1 Å². The molecule has 0 amide bonds. The Morgan fingerprint density at radius 3 is 2.50 bits per heavy atom. The lowest BCUT2D eigenvalue weighted by atomic mass is 10.1. The van der Waals surface area contributed by atoms with Crippen LogP contribution in [0.15, 0.2) is 40.2 Å². The maximum atomic E-state index is 11.7. The second-order valence-corrected chi connectivity index (χ2v) is 9.46. The summed E-state index contributed by atoms with van der Waals surface area (Å²) in [5, 5.41) is 6.48. The molecule has 0 bridgehead atoms. The molecule has 1 aromatic heterocycles. The first-order valence-corrected chi connectivity index (χ1v) is 10.9. The summed E-state index contributed by atoms with van der Waals surface area (Å²) in [4.78, 5) is 5.79. The highest BCUT2D eigenvalue weighted by Crippen LogP contribution is 2.21. The molecule has 9 heteroatoms. The quantitative estimate of drug-likeness (QED) is 0.342. The number of benzene rings is 1. The number of rotatable bonds is 6. The number of sulfone groups is 1. The SMILES string of the molecule is CN=C(NCCc1ccc(Cl)s1)NCc1ccc(S(C)(=O)=O)c(C)c1.I. The van der Waals surface area contributed by atoms with Crippen molar-refractivity contribution in [2.45, 2.75) is 24.8 Å². The predicted molar refractivity (Wildman–Crippen MR) is 121 cm³/mol. The fourth-order valence-corrected chi connectivity index (χ4v) is 4.48. The van der Waals surface area contributed by atoms with Crippen LogP contribution >= 0.6 is 46.9 Å². The topological polar surface area (TPSA) is 70.6 Å². The van der Waals surface area contributed by atoms with Crippen molar-refractivity contribution in [1.29, 1.82) is 0 Å². The molecule has 2 N–H and O–H groups in total. The van der Waals surface area contributed by atoms with Crippen LogP contribution in [0.1, 0.15) is 16.0 Å². The van der Waals surface area contributed by atoms with Gasteiger partial charge < -0.3 is 10.6 Å². The van der Waals surface area contributed by atoms with Gasteiger partial charge in [-0.05, 0) is 42.7 Å². The fraction of sp³-hybridized carbons (Fsp3) is 0.353. The van der Waals surface area contributed by atoms with Crippen LogP contribution in [0.2, 0.25) is 4.34 Å². The highest BCUT2D eigenvalue weighted by atomic mass is 127. The zero-order valence-electron chi connectivity index (χ0n) is 14.9. The molecule has 0 aliphatic carbocycles. The molecule has 0 atom stereocenters. The van der Waals surface area contributed by atoms with Crippen molar-refractivity contribution in [2.75, 3.05) is 19.8 Å². The van der Waals surface area contributed by atoms with Crippen LogP contribution in [-0.4, -0.2) is 34.2 Å².